The highest BCUT2D eigenvalue weighted by molar-refractivity contribution is 9.10. The van der Waals surface area contributed by atoms with Gasteiger partial charge in [0.15, 0.2) is 5.84 Å². The summed E-state index contributed by atoms with van der Waals surface area (Å²) in [6.45, 7) is 8.78. The van der Waals surface area contributed by atoms with Gasteiger partial charge in [0.05, 0.1) is 11.8 Å². The third-order valence-electron chi connectivity index (χ3n) is 7.17. The van der Waals surface area contributed by atoms with Gasteiger partial charge in [-0.1, -0.05) is 13.0 Å². The molecule has 1 unspecified atom stereocenters. The molecular weight excluding hydrogens is 504 g/mol. The van der Waals surface area contributed by atoms with E-state index in [-0.39, 0.29) is 6.10 Å². The van der Waals surface area contributed by atoms with Gasteiger partial charge in [-0.3, -0.25) is 4.90 Å². The monoisotopic (exact) mass is 536 g/mol. The van der Waals surface area contributed by atoms with Crippen molar-refractivity contribution in [1.82, 2.24) is 19.2 Å². The number of fused-ring (bicyclic) bond motifs is 1. The summed E-state index contributed by atoms with van der Waals surface area (Å²) in [5, 5.41) is 19.4. The molecule has 0 spiro atoms. The summed E-state index contributed by atoms with van der Waals surface area (Å²) in [6, 6.07) is 6.45. The number of aliphatic imine (C=N–C) groups is 1. The fourth-order valence-electron chi connectivity index (χ4n) is 4.90. The topological polar surface area (TPSA) is 70.6 Å². The zero-order valence-electron chi connectivity index (χ0n) is 20.8. The third kappa shape index (κ3) is 4.75. The Bertz CT molecular complexity index is 1360. The van der Waals surface area contributed by atoms with Crippen LogP contribution >= 0.6 is 15.9 Å². The lowest BCUT2D eigenvalue weighted by Crippen LogP contribution is -2.21. The van der Waals surface area contributed by atoms with Crippen LogP contribution in [0.3, 0.4) is 0 Å². The molecule has 0 amide bonds. The Morgan fingerprint density at radius 2 is 2.09 bits per heavy atom. The first-order chi connectivity index (χ1) is 16.8. The summed E-state index contributed by atoms with van der Waals surface area (Å²) in [4.78, 5) is 7.33. The molecule has 35 heavy (non-hydrogen) atoms. The van der Waals surface area contributed by atoms with Crippen molar-refractivity contribution in [2.45, 2.75) is 52.7 Å². The molecule has 1 atom stereocenters. The van der Waals surface area contributed by atoms with Crippen molar-refractivity contribution in [3.8, 4) is 0 Å². The van der Waals surface area contributed by atoms with Gasteiger partial charge < -0.3 is 15.0 Å². The van der Waals surface area contributed by atoms with E-state index in [1.165, 1.54) is 27.7 Å². The van der Waals surface area contributed by atoms with Crippen LogP contribution < -0.4 is 5.32 Å². The molecule has 3 aromatic rings. The van der Waals surface area contributed by atoms with Crippen molar-refractivity contribution in [2.24, 2.45) is 12.0 Å². The van der Waals surface area contributed by atoms with Gasteiger partial charge >= 0.3 is 0 Å². The van der Waals surface area contributed by atoms with Crippen molar-refractivity contribution in [3.63, 3.8) is 0 Å². The SMILES string of the molecule is CCC1=C(Nc2ccc3c(c2)c(Br)c(C)n3C)N=C(n2cc(CN3CCC(O)C3)c(C)n2)C=CC1. The predicted octanol–water partition coefficient (Wildman–Crippen LogP) is 5.26. The second kappa shape index (κ2) is 9.76. The summed E-state index contributed by atoms with van der Waals surface area (Å²) < 4.78 is 5.21. The van der Waals surface area contributed by atoms with Gasteiger partial charge in [-0.2, -0.15) is 5.10 Å². The maximum Gasteiger partial charge on any atom is 0.155 e. The number of β-amino-alcohol motifs (C(OH)–C–C–N with tert-alkyl or cyclic N) is 1. The smallest absolute Gasteiger partial charge is 0.155 e. The third-order valence-corrected chi connectivity index (χ3v) is 8.17. The van der Waals surface area contributed by atoms with Gasteiger partial charge in [0.1, 0.15) is 5.82 Å². The molecule has 1 fully saturated rings. The van der Waals surface area contributed by atoms with Gasteiger partial charge in [-0.05, 0) is 78.9 Å². The Hall–Kier alpha value is -2.68. The Labute approximate surface area is 215 Å². The first-order valence-corrected chi connectivity index (χ1v) is 13.1. The van der Waals surface area contributed by atoms with Crippen LogP contribution in [0.5, 0.6) is 0 Å². The lowest BCUT2D eigenvalue weighted by atomic mass is 10.1. The average molecular weight is 538 g/mol. The van der Waals surface area contributed by atoms with Gasteiger partial charge in [-0.25, -0.2) is 9.67 Å². The second-order valence-corrected chi connectivity index (χ2v) is 10.4. The Kier molecular flexibility index (Phi) is 6.70. The van der Waals surface area contributed by atoms with Gasteiger partial charge in [0.2, 0.25) is 0 Å². The molecule has 0 bridgehead atoms. The van der Waals surface area contributed by atoms with Gasteiger partial charge in [0, 0.05) is 65.2 Å². The fourth-order valence-corrected chi connectivity index (χ4v) is 5.48. The maximum atomic E-state index is 9.87. The first-order valence-electron chi connectivity index (χ1n) is 12.3. The summed E-state index contributed by atoms with van der Waals surface area (Å²) in [5.41, 5.74) is 6.84. The van der Waals surface area contributed by atoms with Crippen LogP contribution in [0, 0.1) is 13.8 Å². The number of allylic oxidation sites excluding steroid dienone is 3. The van der Waals surface area contributed by atoms with Crippen LogP contribution in [0.25, 0.3) is 10.9 Å². The van der Waals surface area contributed by atoms with Crippen LogP contribution in [0.1, 0.15) is 43.1 Å². The molecular formula is C27H33BrN6O. The van der Waals surface area contributed by atoms with E-state index in [1.54, 1.807) is 0 Å². The van der Waals surface area contributed by atoms with Crippen molar-refractivity contribution in [1.29, 1.82) is 0 Å². The first kappa shape index (κ1) is 24.0. The number of rotatable bonds is 5. The van der Waals surface area contributed by atoms with E-state index in [2.05, 4.69) is 88.2 Å². The number of anilines is 1. The summed E-state index contributed by atoms with van der Waals surface area (Å²) in [6.07, 6.45) is 8.69. The minimum atomic E-state index is -0.217. The number of benzene rings is 1. The number of aliphatic hydroxyl groups is 1. The largest absolute Gasteiger partial charge is 0.392 e. The van der Waals surface area contributed by atoms with E-state index < -0.39 is 0 Å². The van der Waals surface area contributed by atoms with Crippen LogP contribution in [-0.2, 0) is 13.6 Å². The Balaban J connectivity index is 1.44. The minimum Gasteiger partial charge on any atom is -0.392 e. The number of nitrogens with zero attached hydrogens (tertiary/aromatic N) is 5. The molecule has 8 heteroatoms. The minimum absolute atomic E-state index is 0.217. The highest BCUT2D eigenvalue weighted by Crippen LogP contribution is 2.32. The fraction of sp³-hybridized carbons (Fsp3) is 0.407. The molecule has 5 rings (SSSR count). The molecule has 0 saturated carbocycles. The van der Waals surface area contributed by atoms with Crippen molar-refractivity contribution >= 4 is 38.4 Å². The molecule has 1 saturated heterocycles. The van der Waals surface area contributed by atoms with Crippen LogP contribution in [0.15, 0.2) is 57.4 Å². The predicted molar refractivity (Wildman–Crippen MR) is 146 cm³/mol. The second-order valence-electron chi connectivity index (χ2n) is 9.56. The number of aliphatic hydroxyl groups excluding tert-OH is 1. The number of aromatic nitrogens is 3. The maximum absolute atomic E-state index is 9.87. The number of halogens is 1. The lowest BCUT2D eigenvalue weighted by Gasteiger charge is -2.13. The number of hydrogen-bond acceptors (Lipinski definition) is 5. The Morgan fingerprint density at radius 3 is 2.83 bits per heavy atom. The molecule has 0 aliphatic carbocycles. The number of hydrogen-bond donors (Lipinski definition) is 2. The van der Waals surface area contributed by atoms with E-state index in [0.29, 0.717) is 0 Å². The zero-order valence-corrected chi connectivity index (χ0v) is 22.4. The molecule has 2 aliphatic rings. The number of nitrogens with one attached hydrogen (secondary N) is 1. The van der Waals surface area contributed by atoms with Crippen molar-refractivity contribution in [2.75, 3.05) is 18.4 Å². The molecule has 2 aromatic heterocycles. The van der Waals surface area contributed by atoms with Crippen LogP contribution in [0.4, 0.5) is 5.69 Å². The standard InChI is InChI=1S/C27H33BrN6O/c1-5-19-7-6-8-25(34-15-20(17(2)31-34)14-33-12-11-22(35)16-33)30-27(19)29-21-9-10-24-23(13-21)26(28)18(3)32(24)4/h6,8-10,13,15,22,29,35H,5,7,11-12,14,16H2,1-4H3. The van der Waals surface area contributed by atoms with E-state index in [4.69, 9.17) is 10.1 Å². The van der Waals surface area contributed by atoms with E-state index in [1.807, 2.05) is 11.6 Å². The summed E-state index contributed by atoms with van der Waals surface area (Å²) in [7, 11) is 2.09. The van der Waals surface area contributed by atoms with Gasteiger partial charge in [-0.15, -0.1) is 0 Å². The van der Waals surface area contributed by atoms with E-state index >= 15 is 0 Å². The van der Waals surface area contributed by atoms with E-state index in [9.17, 15) is 5.11 Å². The zero-order chi connectivity index (χ0) is 24.7. The average Bonchev–Trinajstić information content (AvgIpc) is 3.42. The summed E-state index contributed by atoms with van der Waals surface area (Å²) in [5.74, 6) is 1.68. The Morgan fingerprint density at radius 1 is 1.26 bits per heavy atom. The molecule has 0 radical (unpaired) electrons. The molecule has 184 valence electrons. The molecule has 1 aromatic carbocycles. The molecule has 2 aliphatic heterocycles. The van der Waals surface area contributed by atoms with Crippen molar-refractivity contribution in [3.05, 3.63) is 69.4 Å². The highest BCUT2D eigenvalue weighted by Gasteiger charge is 2.22. The van der Waals surface area contributed by atoms with Crippen LogP contribution in [0.2, 0.25) is 0 Å². The van der Waals surface area contributed by atoms with Gasteiger partial charge in [0.25, 0.3) is 0 Å². The van der Waals surface area contributed by atoms with E-state index in [0.717, 1.165) is 66.4 Å². The number of likely N-dealkylation sites (tertiary alicyclic amines) is 1. The molecule has 2 N–H and O–H groups in total. The van der Waals surface area contributed by atoms with Crippen LogP contribution in [-0.4, -0.2) is 49.4 Å². The molecule has 4 heterocycles. The summed E-state index contributed by atoms with van der Waals surface area (Å²) >= 11 is 3.76. The quantitative estimate of drug-likeness (QED) is 0.466. The highest BCUT2D eigenvalue weighted by atomic mass is 79.9. The normalized spacial score (nSPS) is 19.0. The molecule has 7 nitrogen and oxygen atoms in total. The lowest BCUT2D eigenvalue weighted by molar-refractivity contribution is 0.174. The van der Waals surface area contributed by atoms with Crippen molar-refractivity contribution < 1.29 is 5.11 Å². The number of aryl methyl sites for hydroxylation is 2.